The van der Waals surface area contributed by atoms with Gasteiger partial charge >= 0.3 is 18.2 Å². The Kier molecular flexibility index (Phi) is 7.75. The fraction of sp³-hybridized carbons (Fsp3) is 0.280. The van der Waals surface area contributed by atoms with Crippen LogP contribution < -0.4 is 15.4 Å². The third kappa shape index (κ3) is 7.60. The topological polar surface area (TPSA) is 129 Å². The predicted octanol–water partition coefficient (Wildman–Crippen LogP) is 3.70. The van der Waals surface area contributed by atoms with Gasteiger partial charge in [-0.3, -0.25) is 10.1 Å². The van der Waals surface area contributed by atoms with Crippen molar-refractivity contribution < 1.29 is 38.1 Å². The molecule has 35 heavy (non-hydrogen) atoms. The Bertz CT molecular complexity index is 1130. The number of carbonyl (C=O) groups excluding carboxylic acids is 4. The molecule has 10 nitrogen and oxygen atoms in total. The number of methoxy groups -OCH3 is 1. The lowest BCUT2D eigenvalue weighted by molar-refractivity contribution is -0.143. The molecule has 1 saturated heterocycles. The second kappa shape index (κ2) is 10.7. The molecule has 1 atom stereocenters. The minimum atomic E-state index is -0.912. The fourth-order valence-corrected chi connectivity index (χ4v) is 3.06. The number of carbonyl (C=O) groups is 4. The molecule has 10 heteroatoms. The van der Waals surface area contributed by atoms with Gasteiger partial charge in [0.1, 0.15) is 23.1 Å². The summed E-state index contributed by atoms with van der Waals surface area (Å²) < 4.78 is 20.6. The Hall–Kier alpha value is -4.34. The number of nitrogens with one attached hydrogen (secondary N) is 2. The van der Waals surface area contributed by atoms with Gasteiger partial charge in [0.15, 0.2) is 5.76 Å². The standard InChI is InChI=1S/C25H26N2O8/c1-25(2,3)35-24(31)26-19(22(29)32-4)13-15-5-9-17(10-6-15)33-18-11-7-16(8-12-18)14-20-21(28)27-23(30)34-20/h5-12,14,19H,13H2,1-4H3,(H,26,31)(H,27,28,30)/b20-14+. The monoisotopic (exact) mass is 482 g/mol. The number of rotatable bonds is 7. The molecule has 1 aliphatic rings. The first-order valence-electron chi connectivity index (χ1n) is 10.7. The summed E-state index contributed by atoms with van der Waals surface area (Å²) in [6.07, 6.45) is 0.136. The molecule has 1 heterocycles. The highest BCUT2D eigenvalue weighted by atomic mass is 16.6. The van der Waals surface area contributed by atoms with Gasteiger partial charge in [-0.1, -0.05) is 24.3 Å². The first kappa shape index (κ1) is 25.3. The first-order chi connectivity index (χ1) is 16.5. The van der Waals surface area contributed by atoms with E-state index in [2.05, 4.69) is 5.32 Å². The largest absolute Gasteiger partial charge is 0.467 e. The van der Waals surface area contributed by atoms with E-state index in [0.29, 0.717) is 17.1 Å². The highest BCUT2D eigenvalue weighted by Gasteiger charge is 2.26. The van der Waals surface area contributed by atoms with Gasteiger partial charge in [-0.2, -0.15) is 0 Å². The zero-order chi connectivity index (χ0) is 25.6. The third-order valence-corrected chi connectivity index (χ3v) is 4.60. The van der Waals surface area contributed by atoms with Crippen molar-refractivity contribution in [2.24, 2.45) is 0 Å². The number of cyclic esters (lactones) is 1. The Balaban J connectivity index is 1.61. The van der Waals surface area contributed by atoms with Crippen molar-refractivity contribution in [2.75, 3.05) is 7.11 Å². The number of alkyl carbamates (subject to hydrolysis) is 2. The lowest BCUT2D eigenvalue weighted by Gasteiger charge is -2.22. The smallest absolute Gasteiger partial charge is 0.419 e. The van der Waals surface area contributed by atoms with Crippen LogP contribution in [0.3, 0.4) is 0 Å². The van der Waals surface area contributed by atoms with Crippen LogP contribution in [0.5, 0.6) is 11.5 Å². The van der Waals surface area contributed by atoms with Crippen molar-refractivity contribution in [3.05, 3.63) is 65.4 Å². The van der Waals surface area contributed by atoms with Gasteiger partial charge in [0, 0.05) is 6.42 Å². The van der Waals surface area contributed by atoms with Gasteiger partial charge in [0.2, 0.25) is 0 Å². The van der Waals surface area contributed by atoms with Gasteiger partial charge < -0.3 is 24.3 Å². The van der Waals surface area contributed by atoms with Gasteiger partial charge in [-0.15, -0.1) is 0 Å². The Morgan fingerprint density at radius 3 is 2.14 bits per heavy atom. The van der Waals surface area contributed by atoms with E-state index in [1.54, 1.807) is 69.3 Å². The van der Waals surface area contributed by atoms with Crippen LogP contribution in [0.2, 0.25) is 0 Å². The maximum absolute atomic E-state index is 12.1. The molecule has 2 aromatic rings. The van der Waals surface area contributed by atoms with Crippen molar-refractivity contribution in [2.45, 2.75) is 38.8 Å². The lowest BCUT2D eigenvalue weighted by Crippen LogP contribution is -2.45. The van der Waals surface area contributed by atoms with Crippen LogP contribution >= 0.6 is 0 Å². The van der Waals surface area contributed by atoms with E-state index < -0.39 is 35.7 Å². The summed E-state index contributed by atoms with van der Waals surface area (Å²) in [6.45, 7) is 5.19. The summed E-state index contributed by atoms with van der Waals surface area (Å²) in [6, 6.07) is 12.9. The highest BCUT2D eigenvalue weighted by molar-refractivity contribution is 6.09. The van der Waals surface area contributed by atoms with Crippen molar-refractivity contribution >= 4 is 30.1 Å². The third-order valence-electron chi connectivity index (χ3n) is 4.60. The van der Waals surface area contributed by atoms with Gasteiger partial charge in [0.05, 0.1) is 7.11 Å². The van der Waals surface area contributed by atoms with Crippen LogP contribution in [0.15, 0.2) is 54.3 Å². The minimum absolute atomic E-state index is 0.0781. The predicted molar refractivity (Wildman–Crippen MR) is 124 cm³/mol. The molecule has 184 valence electrons. The minimum Gasteiger partial charge on any atom is -0.467 e. The molecule has 0 radical (unpaired) electrons. The first-order valence-corrected chi connectivity index (χ1v) is 10.7. The van der Waals surface area contributed by atoms with Crippen LogP contribution in [-0.2, 0) is 30.2 Å². The molecule has 3 amide bonds. The second-order valence-electron chi connectivity index (χ2n) is 8.59. The molecule has 3 rings (SSSR count). The molecule has 2 N–H and O–H groups in total. The average molecular weight is 482 g/mol. The van der Waals surface area contributed by atoms with E-state index in [4.69, 9.17) is 18.9 Å². The van der Waals surface area contributed by atoms with Crippen molar-refractivity contribution in [1.29, 1.82) is 0 Å². The summed E-state index contributed by atoms with van der Waals surface area (Å²) in [5.41, 5.74) is 0.727. The van der Waals surface area contributed by atoms with Crippen LogP contribution in [0, 0.1) is 0 Å². The van der Waals surface area contributed by atoms with E-state index >= 15 is 0 Å². The van der Waals surface area contributed by atoms with Crippen LogP contribution in [0.4, 0.5) is 9.59 Å². The SMILES string of the molecule is COC(=O)C(Cc1ccc(Oc2ccc(/C=C3/OC(=O)NC3=O)cc2)cc1)NC(=O)OC(C)(C)C. The molecule has 0 spiro atoms. The number of hydrogen-bond acceptors (Lipinski definition) is 8. The zero-order valence-corrected chi connectivity index (χ0v) is 19.7. The van der Waals surface area contributed by atoms with Crippen molar-refractivity contribution in [3.8, 4) is 11.5 Å². The second-order valence-corrected chi connectivity index (χ2v) is 8.59. The van der Waals surface area contributed by atoms with Crippen molar-refractivity contribution in [3.63, 3.8) is 0 Å². The van der Waals surface area contributed by atoms with E-state index in [-0.39, 0.29) is 12.2 Å². The normalized spacial score (nSPS) is 15.1. The van der Waals surface area contributed by atoms with Crippen LogP contribution in [-0.4, -0.2) is 42.8 Å². The molecule has 0 saturated carbocycles. The summed E-state index contributed by atoms with van der Waals surface area (Å²) in [7, 11) is 1.25. The van der Waals surface area contributed by atoms with Crippen molar-refractivity contribution in [1.82, 2.24) is 10.6 Å². The summed E-state index contributed by atoms with van der Waals surface area (Å²) in [5, 5.41) is 4.57. The molecule has 2 aromatic carbocycles. The molecule has 0 bridgehead atoms. The number of ether oxygens (including phenoxy) is 4. The summed E-state index contributed by atoms with van der Waals surface area (Å²) >= 11 is 0. The Morgan fingerprint density at radius 2 is 1.63 bits per heavy atom. The lowest BCUT2D eigenvalue weighted by atomic mass is 10.1. The molecular formula is C25H26N2O8. The van der Waals surface area contributed by atoms with E-state index in [1.807, 2.05) is 5.32 Å². The van der Waals surface area contributed by atoms with Crippen LogP contribution in [0.25, 0.3) is 6.08 Å². The molecule has 0 aliphatic carbocycles. The molecule has 1 fully saturated rings. The molecule has 1 unspecified atom stereocenters. The maximum Gasteiger partial charge on any atom is 0.419 e. The number of esters is 1. The quantitative estimate of drug-likeness (QED) is 0.347. The number of imide groups is 1. The molecule has 0 aromatic heterocycles. The van der Waals surface area contributed by atoms with Gasteiger partial charge in [0.25, 0.3) is 5.91 Å². The van der Waals surface area contributed by atoms with E-state index in [1.165, 1.54) is 13.2 Å². The number of benzene rings is 2. The summed E-state index contributed by atoms with van der Waals surface area (Å²) in [4.78, 5) is 46.8. The van der Waals surface area contributed by atoms with E-state index in [0.717, 1.165) is 5.56 Å². The Labute approximate surface area is 202 Å². The number of amides is 3. The molecule has 1 aliphatic heterocycles. The maximum atomic E-state index is 12.1. The summed E-state index contributed by atoms with van der Waals surface area (Å²) in [5.74, 6) is -0.154. The van der Waals surface area contributed by atoms with Gasteiger partial charge in [-0.05, 0) is 62.2 Å². The molecular weight excluding hydrogens is 456 g/mol. The fourth-order valence-electron chi connectivity index (χ4n) is 3.06. The van der Waals surface area contributed by atoms with E-state index in [9.17, 15) is 19.2 Å². The zero-order valence-electron chi connectivity index (χ0n) is 19.7. The average Bonchev–Trinajstić information content (AvgIpc) is 3.10. The van der Waals surface area contributed by atoms with Crippen LogP contribution in [0.1, 0.15) is 31.9 Å². The Morgan fingerprint density at radius 1 is 1.03 bits per heavy atom. The van der Waals surface area contributed by atoms with Gasteiger partial charge in [-0.25, -0.2) is 14.4 Å². The number of hydrogen-bond donors (Lipinski definition) is 2. The highest BCUT2D eigenvalue weighted by Crippen LogP contribution is 2.24.